The van der Waals surface area contributed by atoms with E-state index >= 15 is 0 Å². The highest BCUT2D eigenvalue weighted by Crippen LogP contribution is 2.49. The van der Waals surface area contributed by atoms with Gasteiger partial charge in [-0.2, -0.15) is 0 Å². The number of aromatic carboxylic acids is 1. The standard InChI is InChI=1S/C22H17NO4S/c24-20(23-17-10-4-1-7-14(17)22(25)26)13-28-21-15-8-2-5-11-18(15)27-19-12-6-3-9-16(19)21/h1-12,21H,13H2,(H,23,24)(H,25,26)/p-1. The summed E-state index contributed by atoms with van der Waals surface area (Å²) in [6, 6.07) is 21.7. The Morgan fingerprint density at radius 2 is 1.46 bits per heavy atom. The van der Waals surface area contributed by atoms with Gasteiger partial charge in [-0.3, -0.25) is 4.79 Å². The minimum Gasteiger partial charge on any atom is -0.545 e. The van der Waals surface area contributed by atoms with E-state index in [2.05, 4.69) is 5.32 Å². The smallest absolute Gasteiger partial charge is 0.234 e. The summed E-state index contributed by atoms with van der Waals surface area (Å²) in [6.07, 6.45) is 0. The van der Waals surface area contributed by atoms with Gasteiger partial charge in [0.05, 0.1) is 17.0 Å². The molecule has 3 aromatic rings. The van der Waals surface area contributed by atoms with Crippen molar-refractivity contribution in [1.29, 1.82) is 0 Å². The van der Waals surface area contributed by atoms with Gasteiger partial charge < -0.3 is 20.0 Å². The minimum absolute atomic E-state index is 0.0393. The maximum absolute atomic E-state index is 12.5. The molecule has 3 aromatic carbocycles. The van der Waals surface area contributed by atoms with Gasteiger partial charge in [0.15, 0.2) is 0 Å². The van der Waals surface area contributed by atoms with Crippen LogP contribution in [0, 0.1) is 0 Å². The largest absolute Gasteiger partial charge is 0.545 e. The molecule has 4 rings (SSSR count). The number of fused-ring (bicyclic) bond motifs is 2. The molecule has 1 heterocycles. The number of carboxylic acid groups (broad SMARTS) is 1. The number of para-hydroxylation sites is 3. The number of carbonyl (C=O) groups is 2. The maximum Gasteiger partial charge on any atom is 0.234 e. The van der Waals surface area contributed by atoms with Crippen LogP contribution in [0.1, 0.15) is 26.7 Å². The number of carbonyl (C=O) groups excluding carboxylic acids is 2. The average Bonchev–Trinajstić information content (AvgIpc) is 2.71. The fraction of sp³-hybridized carbons (Fsp3) is 0.0909. The summed E-state index contributed by atoms with van der Waals surface area (Å²) in [7, 11) is 0. The molecule has 1 aliphatic heterocycles. The Bertz CT molecular complexity index is 1000. The van der Waals surface area contributed by atoms with Crippen LogP contribution < -0.4 is 15.2 Å². The van der Waals surface area contributed by atoms with E-state index in [1.165, 1.54) is 17.8 Å². The van der Waals surface area contributed by atoms with E-state index in [1.54, 1.807) is 18.2 Å². The van der Waals surface area contributed by atoms with Crippen molar-refractivity contribution in [3.63, 3.8) is 0 Å². The van der Waals surface area contributed by atoms with Crippen LogP contribution in [0.5, 0.6) is 11.5 Å². The third-order valence-corrected chi connectivity index (χ3v) is 5.70. The van der Waals surface area contributed by atoms with Gasteiger partial charge in [-0.1, -0.05) is 54.6 Å². The molecule has 0 bridgehead atoms. The second kappa shape index (κ2) is 7.78. The molecule has 6 heteroatoms. The van der Waals surface area contributed by atoms with Crippen LogP contribution in [0.4, 0.5) is 5.69 Å². The number of rotatable bonds is 5. The number of nitrogens with one attached hydrogen (secondary N) is 1. The van der Waals surface area contributed by atoms with Gasteiger partial charge in [-0.15, -0.1) is 11.8 Å². The highest BCUT2D eigenvalue weighted by molar-refractivity contribution is 8.00. The molecule has 0 aliphatic carbocycles. The van der Waals surface area contributed by atoms with Gasteiger partial charge in [0, 0.05) is 22.4 Å². The quantitative estimate of drug-likeness (QED) is 0.720. The van der Waals surface area contributed by atoms with Gasteiger partial charge in [0.2, 0.25) is 5.91 Å². The number of ether oxygens (including phenoxy) is 1. The summed E-state index contributed by atoms with van der Waals surface area (Å²) in [5, 5.41) is 13.8. The fourth-order valence-corrected chi connectivity index (χ4v) is 4.30. The Morgan fingerprint density at radius 1 is 0.893 bits per heavy atom. The molecule has 0 fully saturated rings. The molecule has 1 N–H and O–H groups in total. The highest BCUT2D eigenvalue weighted by atomic mass is 32.2. The molecule has 0 saturated heterocycles. The third kappa shape index (κ3) is 3.59. The van der Waals surface area contributed by atoms with Crippen LogP contribution >= 0.6 is 11.8 Å². The van der Waals surface area contributed by atoms with Crippen molar-refractivity contribution < 1.29 is 19.4 Å². The number of amides is 1. The molecule has 0 saturated carbocycles. The van der Waals surface area contributed by atoms with Gasteiger partial charge in [-0.05, 0) is 18.2 Å². The van der Waals surface area contributed by atoms with Crippen molar-refractivity contribution in [2.45, 2.75) is 5.25 Å². The van der Waals surface area contributed by atoms with Gasteiger partial charge in [-0.25, -0.2) is 0 Å². The van der Waals surface area contributed by atoms with Crippen LogP contribution in [-0.2, 0) is 4.79 Å². The lowest BCUT2D eigenvalue weighted by Gasteiger charge is -2.27. The van der Waals surface area contributed by atoms with Crippen molar-refractivity contribution in [2.24, 2.45) is 0 Å². The maximum atomic E-state index is 12.5. The lowest BCUT2D eigenvalue weighted by Crippen LogP contribution is -2.25. The Hall–Kier alpha value is -3.25. The Labute approximate surface area is 166 Å². The molecule has 5 nitrogen and oxygen atoms in total. The fourth-order valence-electron chi connectivity index (χ4n) is 3.16. The van der Waals surface area contributed by atoms with Crippen LogP contribution in [-0.4, -0.2) is 17.6 Å². The van der Waals surface area contributed by atoms with Gasteiger partial charge in [0.1, 0.15) is 11.5 Å². The first kappa shape index (κ1) is 18.1. The molecule has 0 unspecified atom stereocenters. The first-order valence-corrected chi connectivity index (χ1v) is 9.76. The predicted molar refractivity (Wildman–Crippen MR) is 107 cm³/mol. The first-order chi connectivity index (χ1) is 13.6. The number of hydrogen-bond donors (Lipinski definition) is 1. The Kier molecular flexibility index (Phi) is 5.04. The van der Waals surface area contributed by atoms with Crippen molar-refractivity contribution in [3.8, 4) is 11.5 Å². The lowest BCUT2D eigenvalue weighted by atomic mass is 10.00. The summed E-state index contributed by atoms with van der Waals surface area (Å²) in [4.78, 5) is 23.7. The molecule has 1 amide bonds. The Balaban J connectivity index is 1.53. The lowest BCUT2D eigenvalue weighted by molar-refractivity contribution is -0.254. The number of hydrogen-bond acceptors (Lipinski definition) is 5. The normalized spacial score (nSPS) is 12.4. The molecular weight excluding hydrogens is 374 g/mol. The van der Waals surface area contributed by atoms with Gasteiger partial charge >= 0.3 is 0 Å². The van der Waals surface area contributed by atoms with Crippen molar-refractivity contribution in [2.75, 3.05) is 11.1 Å². The Morgan fingerprint density at radius 3 is 2.11 bits per heavy atom. The second-order valence-corrected chi connectivity index (χ2v) is 7.34. The third-order valence-electron chi connectivity index (χ3n) is 4.43. The minimum atomic E-state index is -1.32. The van der Waals surface area contributed by atoms with E-state index in [1.807, 2.05) is 48.5 Å². The highest BCUT2D eigenvalue weighted by Gasteiger charge is 2.27. The molecule has 0 aromatic heterocycles. The number of benzene rings is 3. The molecule has 0 atom stereocenters. The van der Waals surface area contributed by atoms with Crippen molar-refractivity contribution in [3.05, 3.63) is 89.5 Å². The number of anilines is 1. The molecular formula is C22H16NO4S-. The zero-order valence-electron chi connectivity index (χ0n) is 14.8. The average molecular weight is 390 g/mol. The zero-order chi connectivity index (χ0) is 19.5. The SMILES string of the molecule is O=C(CSC1c2ccccc2Oc2ccccc21)Nc1ccccc1C(=O)[O-]. The topological polar surface area (TPSA) is 78.5 Å². The second-order valence-electron chi connectivity index (χ2n) is 6.25. The molecule has 0 radical (unpaired) electrons. The summed E-state index contributed by atoms with van der Waals surface area (Å²) in [5.41, 5.74) is 2.21. The summed E-state index contributed by atoms with van der Waals surface area (Å²) in [5.74, 6) is 0.119. The molecule has 1 aliphatic rings. The molecule has 28 heavy (non-hydrogen) atoms. The number of carboxylic acids is 1. The van der Waals surface area contributed by atoms with Gasteiger partial charge in [0.25, 0.3) is 0 Å². The summed E-state index contributed by atoms with van der Waals surface area (Å²) >= 11 is 1.47. The summed E-state index contributed by atoms with van der Waals surface area (Å²) in [6.45, 7) is 0. The van der Waals surface area contributed by atoms with Crippen LogP contribution in [0.3, 0.4) is 0 Å². The zero-order valence-corrected chi connectivity index (χ0v) is 15.6. The van der Waals surface area contributed by atoms with Crippen LogP contribution in [0.15, 0.2) is 72.8 Å². The first-order valence-electron chi connectivity index (χ1n) is 8.71. The monoisotopic (exact) mass is 390 g/mol. The van der Waals surface area contributed by atoms with E-state index < -0.39 is 5.97 Å². The van der Waals surface area contributed by atoms with E-state index in [4.69, 9.17) is 4.74 Å². The molecule has 0 spiro atoms. The van der Waals surface area contributed by atoms with Crippen molar-refractivity contribution >= 4 is 29.3 Å². The van der Waals surface area contributed by atoms with Crippen molar-refractivity contribution in [1.82, 2.24) is 0 Å². The van der Waals surface area contributed by atoms with Crippen LogP contribution in [0.25, 0.3) is 0 Å². The predicted octanol–water partition coefficient (Wildman–Crippen LogP) is 3.62. The van der Waals surface area contributed by atoms with E-state index in [0.717, 1.165) is 22.6 Å². The van der Waals surface area contributed by atoms with E-state index in [0.29, 0.717) is 0 Å². The molecule has 140 valence electrons. The summed E-state index contributed by atoms with van der Waals surface area (Å²) < 4.78 is 5.97. The van der Waals surface area contributed by atoms with E-state index in [-0.39, 0.29) is 28.2 Å². The number of thioether (sulfide) groups is 1. The van der Waals surface area contributed by atoms with Crippen LogP contribution in [0.2, 0.25) is 0 Å². The van der Waals surface area contributed by atoms with E-state index in [9.17, 15) is 14.7 Å².